The number of ether oxygens (including phenoxy) is 1. The van der Waals surface area contributed by atoms with E-state index in [1.165, 1.54) is 6.20 Å². The van der Waals surface area contributed by atoms with Crippen molar-refractivity contribution in [3.05, 3.63) is 72.2 Å². The molecule has 7 nitrogen and oxygen atoms in total. The maximum Gasteiger partial charge on any atom is 0.419 e. The van der Waals surface area contributed by atoms with E-state index in [9.17, 15) is 18.0 Å². The predicted octanol–water partition coefficient (Wildman–Crippen LogP) is 4.19. The number of nitrogen functional groups attached to an aromatic ring is 1. The number of carbonyl (C=O) groups is 1. The molecule has 0 saturated carbocycles. The van der Waals surface area contributed by atoms with Crippen LogP contribution in [0.15, 0.2) is 61.1 Å². The molecule has 0 aliphatic rings. The summed E-state index contributed by atoms with van der Waals surface area (Å²) in [5.41, 5.74) is 6.46. The van der Waals surface area contributed by atoms with E-state index in [4.69, 9.17) is 10.5 Å². The van der Waals surface area contributed by atoms with Gasteiger partial charge >= 0.3 is 6.18 Å². The molecule has 164 valence electrons. The lowest BCUT2D eigenvalue weighted by Gasteiger charge is -2.11. The second-order valence-corrected chi connectivity index (χ2v) is 7.04. The van der Waals surface area contributed by atoms with Gasteiger partial charge in [-0.15, -0.1) is 0 Å². The number of hydrogen-bond donors (Lipinski definition) is 2. The van der Waals surface area contributed by atoms with E-state index < -0.39 is 17.6 Å². The summed E-state index contributed by atoms with van der Waals surface area (Å²) < 4.78 is 46.1. The second-order valence-electron chi connectivity index (χ2n) is 7.04. The Hall–Kier alpha value is -4.08. The van der Waals surface area contributed by atoms with E-state index in [0.29, 0.717) is 22.8 Å². The highest BCUT2D eigenvalue weighted by molar-refractivity contribution is 5.91. The first kappa shape index (κ1) is 21.2. The number of nitrogens with zero attached hydrogens (tertiary/aromatic N) is 3. The molecule has 0 atom stereocenters. The minimum absolute atomic E-state index is 0.153. The summed E-state index contributed by atoms with van der Waals surface area (Å²) in [6.45, 7) is 0. The van der Waals surface area contributed by atoms with Gasteiger partial charge in [-0.25, -0.2) is 9.97 Å². The second kappa shape index (κ2) is 8.22. The number of hydrogen-bond acceptors (Lipinski definition) is 5. The number of carbonyl (C=O) groups excluding carboxylic acids is 1. The van der Waals surface area contributed by atoms with Crippen LogP contribution in [0.3, 0.4) is 0 Å². The van der Waals surface area contributed by atoms with Gasteiger partial charge in [0.2, 0.25) is 5.91 Å². The van der Waals surface area contributed by atoms with Gasteiger partial charge in [0.1, 0.15) is 17.2 Å². The third-order valence-corrected chi connectivity index (χ3v) is 4.80. The summed E-state index contributed by atoms with van der Waals surface area (Å²) in [5.74, 6) is 0.194. The number of imidazole rings is 1. The lowest BCUT2D eigenvalue weighted by molar-refractivity contribution is -0.137. The summed E-state index contributed by atoms with van der Waals surface area (Å²) in [6, 6.07) is 11.3. The van der Waals surface area contributed by atoms with Gasteiger partial charge in [-0.2, -0.15) is 13.2 Å². The molecule has 0 bridgehead atoms. The normalized spacial score (nSPS) is 11.5. The van der Waals surface area contributed by atoms with Crippen molar-refractivity contribution in [2.24, 2.45) is 0 Å². The minimum Gasteiger partial charge on any atom is -0.497 e. The van der Waals surface area contributed by atoms with Gasteiger partial charge < -0.3 is 20.2 Å². The number of amides is 1. The number of methoxy groups -OCH3 is 1. The molecule has 32 heavy (non-hydrogen) atoms. The standard InChI is InChI=1S/C22H18F3N5O2/c1-32-16-5-2-13(3-6-16)8-20(31)29-18-12-30-11-14(4-7-19(30)28-18)15-9-17(22(23,24)25)21(26)27-10-15/h2-7,9-12H,8H2,1H3,(H2,26,27)(H,29,31). The quantitative estimate of drug-likeness (QED) is 0.484. The van der Waals surface area contributed by atoms with Crippen LogP contribution in [-0.4, -0.2) is 27.4 Å². The molecule has 0 fully saturated rings. The largest absolute Gasteiger partial charge is 0.497 e. The van der Waals surface area contributed by atoms with Gasteiger partial charge in [-0.1, -0.05) is 12.1 Å². The fraction of sp³-hybridized carbons (Fsp3) is 0.136. The summed E-state index contributed by atoms with van der Waals surface area (Å²) >= 11 is 0. The van der Waals surface area contributed by atoms with Crippen LogP contribution in [0.4, 0.5) is 24.8 Å². The summed E-state index contributed by atoms with van der Waals surface area (Å²) in [6.07, 6.45) is 0.0170. The molecule has 10 heteroatoms. The molecule has 0 spiro atoms. The highest BCUT2D eigenvalue weighted by Gasteiger charge is 2.34. The number of benzene rings is 1. The number of fused-ring (bicyclic) bond motifs is 1. The van der Waals surface area contributed by atoms with Gasteiger partial charge in [0, 0.05) is 23.5 Å². The van der Waals surface area contributed by atoms with Crippen molar-refractivity contribution in [2.45, 2.75) is 12.6 Å². The van der Waals surface area contributed by atoms with Crippen LogP contribution in [0.1, 0.15) is 11.1 Å². The summed E-state index contributed by atoms with van der Waals surface area (Å²) in [4.78, 5) is 20.3. The highest BCUT2D eigenvalue weighted by Crippen LogP contribution is 2.35. The number of anilines is 2. The van der Waals surface area contributed by atoms with Gasteiger partial charge in [0.15, 0.2) is 5.82 Å². The summed E-state index contributed by atoms with van der Waals surface area (Å²) in [5, 5.41) is 2.72. The van der Waals surface area contributed by atoms with Crippen molar-refractivity contribution in [1.82, 2.24) is 14.4 Å². The van der Waals surface area contributed by atoms with Crippen LogP contribution in [0.5, 0.6) is 5.75 Å². The first-order valence-electron chi connectivity index (χ1n) is 9.47. The molecule has 0 unspecified atom stereocenters. The van der Waals surface area contributed by atoms with E-state index in [-0.39, 0.29) is 17.9 Å². The number of rotatable bonds is 5. The van der Waals surface area contributed by atoms with E-state index in [2.05, 4.69) is 15.3 Å². The van der Waals surface area contributed by atoms with E-state index in [0.717, 1.165) is 11.6 Å². The van der Waals surface area contributed by atoms with Gasteiger partial charge in [0.25, 0.3) is 0 Å². The number of pyridine rings is 2. The van der Waals surface area contributed by atoms with Crippen LogP contribution in [-0.2, 0) is 17.4 Å². The highest BCUT2D eigenvalue weighted by atomic mass is 19.4. The predicted molar refractivity (Wildman–Crippen MR) is 113 cm³/mol. The number of aromatic nitrogens is 3. The molecule has 4 rings (SSSR count). The Morgan fingerprint density at radius 2 is 1.88 bits per heavy atom. The molecular formula is C22H18F3N5O2. The van der Waals surface area contributed by atoms with Crippen LogP contribution in [0.2, 0.25) is 0 Å². The first-order chi connectivity index (χ1) is 15.2. The molecule has 3 N–H and O–H groups in total. The van der Waals surface area contributed by atoms with Crippen LogP contribution in [0.25, 0.3) is 16.8 Å². The third kappa shape index (κ3) is 4.48. The summed E-state index contributed by atoms with van der Waals surface area (Å²) in [7, 11) is 1.57. The SMILES string of the molecule is COc1ccc(CC(=O)Nc2cn3cc(-c4cnc(N)c(C(F)(F)F)c4)ccc3n2)cc1. The molecule has 3 heterocycles. The van der Waals surface area contributed by atoms with E-state index in [1.807, 2.05) is 0 Å². The van der Waals surface area contributed by atoms with Crippen molar-refractivity contribution in [2.75, 3.05) is 18.2 Å². The van der Waals surface area contributed by atoms with Crippen molar-refractivity contribution >= 4 is 23.2 Å². The molecule has 4 aromatic rings. The van der Waals surface area contributed by atoms with Crippen LogP contribution < -0.4 is 15.8 Å². The van der Waals surface area contributed by atoms with Crippen molar-refractivity contribution in [1.29, 1.82) is 0 Å². The van der Waals surface area contributed by atoms with Gasteiger partial charge in [0.05, 0.1) is 25.3 Å². The molecule has 3 aromatic heterocycles. The van der Waals surface area contributed by atoms with Crippen molar-refractivity contribution in [3.63, 3.8) is 0 Å². The molecule has 0 aliphatic carbocycles. The zero-order valence-electron chi connectivity index (χ0n) is 16.8. The van der Waals surface area contributed by atoms with Gasteiger partial charge in [-0.3, -0.25) is 4.79 Å². The molecule has 0 radical (unpaired) electrons. The average molecular weight is 441 g/mol. The van der Waals surface area contributed by atoms with E-state index in [1.54, 1.807) is 60.3 Å². The third-order valence-electron chi connectivity index (χ3n) is 4.80. The van der Waals surface area contributed by atoms with Crippen molar-refractivity contribution in [3.8, 4) is 16.9 Å². The molecule has 1 amide bonds. The lowest BCUT2D eigenvalue weighted by atomic mass is 10.1. The number of halogens is 3. The first-order valence-corrected chi connectivity index (χ1v) is 9.47. The minimum atomic E-state index is -4.60. The Balaban J connectivity index is 1.53. The number of nitrogens with two attached hydrogens (primary N) is 1. The van der Waals surface area contributed by atoms with Gasteiger partial charge in [-0.05, 0) is 35.9 Å². The Kier molecular flexibility index (Phi) is 5.43. The van der Waals surface area contributed by atoms with Crippen LogP contribution >= 0.6 is 0 Å². The Labute approximate surface area is 180 Å². The molecular weight excluding hydrogens is 423 g/mol. The maximum absolute atomic E-state index is 13.1. The molecule has 1 aromatic carbocycles. The Morgan fingerprint density at radius 3 is 2.56 bits per heavy atom. The topological polar surface area (TPSA) is 94.5 Å². The van der Waals surface area contributed by atoms with Crippen molar-refractivity contribution < 1.29 is 22.7 Å². The maximum atomic E-state index is 13.1. The fourth-order valence-corrected chi connectivity index (χ4v) is 3.20. The van der Waals surface area contributed by atoms with E-state index >= 15 is 0 Å². The monoisotopic (exact) mass is 441 g/mol. The Bertz CT molecular complexity index is 1280. The fourth-order valence-electron chi connectivity index (χ4n) is 3.20. The zero-order valence-corrected chi connectivity index (χ0v) is 16.8. The lowest BCUT2D eigenvalue weighted by Crippen LogP contribution is -2.14. The number of nitrogens with one attached hydrogen (secondary N) is 1. The molecule has 0 saturated heterocycles. The average Bonchev–Trinajstić information content (AvgIpc) is 3.15. The number of alkyl halides is 3. The zero-order chi connectivity index (χ0) is 22.9. The Morgan fingerprint density at radius 1 is 1.12 bits per heavy atom. The smallest absolute Gasteiger partial charge is 0.419 e. The molecule has 0 aliphatic heterocycles. The van der Waals surface area contributed by atoms with Crippen LogP contribution in [0, 0.1) is 0 Å².